The quantitative estimate of drug-likeness (QED) is 0.711. The van der Waals surface area contributed by atoms with Crippen molar-refractivity contribution in [1.82, 2.24) is 4.90 Å². The second-order valence-electron chi connectivity index (χ2n) is 3.63. The van der Waals surface area contributed by atoms with Crippen LogP contribution in [0, 0.1) is 0 Å². The van der Waals surface area contributed by atoms with E-state index in [1.807, 2.05) is 12.1 Å². The number of allylic oxidation sites excluding steroid dienone is 2. The van der Waals surface area contributed by atoms with E-state index in [1.54, 1.807) is 6.26 Å². The Morgan fingerprint density at radius 1 is 1.50 bits per heavy atom. The van der Waals surface area contributed by atoms with E-state index in [0.29, 0.717) is 0 Å². The molecule has 1 aromatic heterocycles. The van der Waals surface area contributed by atoms with E-state index < -0.39 is 0 Å². The first-order valence-electron chi connectivity index (χ1n) is 4.95. The van der Waals surface area contributed by atoms with E-state index in [-0.39, 0.29) is 0 Å². The molecule has 0 saturated heterocycles. The fraction of sp³-hybridized carbons (Fsp3) is 0.333. The zero-order valence-corrected chi connectivity index (χ0v) is 8.66. The van der Waals surface area contributed by atoms with Crippen LogP contribution in [0.15, 0.2) is 40.7 Å². The van der Waals surface area contributed by atoms with Gasteiger partial charge in [-0.25, -0.2) is 0 Å². The van der Waals surface area contributed by atoms with Crippen LogP contribution in [-0.4, -0.2) is 18.5 Å². The van der Waals surface area contributed by atoms with Gasteiger partial charge >= 0.3 is 0 Å². The summed E-state index contributed by atoms with van der Waals surface area (Å²) in [6.07, 6.45) is 7.16. The first-order chi connectivity index (χ1) is 6.79. The average molecular weight is 189 g/mol. The molecular formula is C12H15NO. The van der Waals surface area contributed by atoms with Gasteiger partial charge in [0, 0.05) is 25.4 Å². The molecule has 0 unspecified atom stereocenters. The molecule has 2 heteroatoms. The van der Waals surface area contributed by atoms with E-state index in [1.165, 1.54) is 11.1 Å². The van der Waals surface area contributed by atoms with E-state index in [0.717, 1.165) is 18.7 Å². The van der Waals surface area contributed by atoms with Crippen LogP contribution >= 0.6 is 0 Å². The minimum Gasteiger partial charge on any atom is -0.464 e. The van der Waals surface area contributed by atoms with Crippen molar-refractivity contribution in [2.45, 2.75) is 13.3 Å². The Morgan fingerprint density at radius 2 is 2.36 bits per heavy atom. The number of likely N-dealkylation sites (N-methyl/N-ethyl adjacent to an activating group) is 1. The predicted octanol–water partition coefficient (Wildman–Crippen LogP) is 2.90. The number of furan rings is 1. The van der Waals surface area contributed by atoms with Gasteiger partial charge in [0.1, 0.15) is 5.76 Å². The molecule has 0 aromatic carbocycles. The Kier molecular flexibility index (Phi) is 2.44. The van der Waals surface area contributed by atoms with Gasteiger partial charge in [-0.15, -0.1) is 0 Å². The summed E-state index contributed by atoms with van der Waals surface area (Å²) in [5.41, 5.74) is 2.61. The van der Waals surface area contributed by atoms with E-state index >= 15 is 0 Å². The highest BCUT2D eigenvalue weighted by Crippen LogP contribution is 2.23. The number of hydrogen-bond acceptors (Lipinski definition) is 2. The maximum absolute atomic E-state index is 5.37. The Labute approximate surface area is 84.5 Å². The third-order valence-electron chi connectivity index (χ3n) is 2.43. The van der Waals surface area contributed by atoms with Crippen LogP contribution in [0.3, 0.4) is 0 Å². The van der Waals surface area contributed by atoms with Crippen molar-refractivity contribution >= 4 is 5.57 Å². The zero-order valence-electron chi connectivity index (χ0n) is 8.66. The molecule has 0 saturated carbocycles. The Bertz CT molecular complexity index is 360. The first-order valence-corrected chi connectivity index (χ1v) is 4.95. The van der Waals surface area contributed by atoms with Crippen LogP contribution in [0.25, 0.3) is 5.57 Å². The molecule has 2 rings (SSSR count). The predicted molar refractivity (Wildman–Crippen MR) is 57.7 cm³/mol. The molecule has 1 aromatic rings. The van der Waals surface area contributed by atoms with Crippen molar-refractivity contribution in [3.63, 3.8) is 0 Å². The van der Waals surface area contributed by atoms with E-state index in [9.17, 15) is 0 Å². The molecule has 0 spiro atoms. The minimum absolute atomic E-state index is 0.947. The third kappa shape index (κ3) is 1.74. The highest BCUT2D eigenvalue weighted by Gasteiger charge is 2.10. The first kappa shape index (κ1) is 9.13. The number of nitrogens with zero attached hydrogens (tertiary/aromatic N) is 1. The molecule has 1 aliphatic heterocycles. The van der Waals surface area contributed by atoms with Crippen molar-refractivity contribution in [2.24, 2.45) is 0 Å². The van der Waals surface area contributed by atoms with Gasteiger partial charge in [-0.3, -0.25) is 0 Å². The summed E-state index contributed by atoms with van der Waals surface area (Å²) in [5, 5.41) is 0. The molecule has 0 atom stereocenters. The van der Waals surface area contributed by atoms with Gasteiger partial charge in [-0.05, 0) is 24.6 Å². The summed E-state index contributed by atoms with van der Waals surface area (Å²) in [4.78, 5) is 2.19. The van der Waals surface area contributed by atoms with Gasteiger partial charge in [0.25, 0.3) is 0 Å². The summed E-state index contributed by atoms with van der Waals surface area (Å²) >= 11 is 0. The van der Waals surface area contributed by atoms with E-state index in [2.05, 4.69) is 31.1 Å². The van der Waals surface area contributed by atoms with Crippen LogP contribution in [-0.2, 0) is 0 Å². The molecule has 1 aliphatic rings. The molecule has 0 fully saturated rings. The largest absolute Gasteiger partial charge is 0.464 e. The van der Waals surface area contributed by atoms with Crippen LogP contribution in [0.2, 0.25) is 0 Å². The van der Waals surface area contributed by atoms with Crippen LogP contribution in [0.4, 0.5) is 0 Å². The molecular weight excluding hydrogens is 174 g/mol. The Hall–Kier alpha value is -1.44. The van der Waals surface area contributed by atoms with Crippen LogP contribution in [0.1, 0.15) is 19.1 Å². The molecule has 2 heterocycles. The topological polar surface area (TPSA) is 16.4 Å². The Morgan fingerprint density at radius 3 is 3.00 bits per heavy atom. The summed E-state index contributed by atoms with van der Waals surface area (Å²) in [7, 11) is 2.09. The second kappa shape index (κ2) is 3.74. The van der Waals surface area contributed by atoms with Crippen molar-refractivity contribution in [3.05, 3.63) is 42.0 Å². The SMILES string of the molecule is CCC1=CC(c2ccco2)=CN(C)C1. The lowest BCUT2D eigenvalue weighted by Gasteiger charge is -2.21. The molecule has 0 aliphatic carbocycles. The number of hydrogen-bond donors (Lipinski definition) is 0. The molecule has 74 valence electrons. The van der Waals surface area contributed by atoms with Crippen molar-refractivity contribution < 1.29 is 4.42 Å². The number of rotatable bonds is 2. The molecule has 0 radical (unpaired) electrons. The lowest BCUT2D eigenvalue weighted by molar-refractivity contribution is 0.482. The zero-order chi connectivity index (χ0) is 9.97. The van der Waals surface area contributed by atoms with Gasteiger partial charge in [0.15, 0.2) is 0 Å². The maximum atomic E-state index is 5.37. The fourth-order valence-electron chi connectivity index (χ4n) is 1.70. The molecule has 2 nitrogen and oxygen atoms in total. The van der Waals surface area contributed by atoms with Gasteiger partial charge in [0.05, 0.1) is 6.26 Å². The van der Waals surface area contributed by atoms with Crippen molar-refractivity contribution in [2.75, 3.05) is 13.6 Å². The summed E-state index contributed by atoms with van der Waals surface area (Å²) in [6, 6.07) is 3.92. The minimum atomic E-state index is 0.947. The molecule has 14 heavy (non-hydrogen) atoms. The summed E-state index contributed by atoms with van der Waals surface area (Å²) in [5.74, 6) is 0.947. The maximum Gasteiger partial charge on any atom is 0.135 e. The molecule has 0 bridgehead atoms. The lowest BCUT2D eigenvalue weighted by atomic mass is 10.0. The summed E-state index contributed by atoms with van der Waals surface area (Å²) in [6.45, 7) is 3.21. The van der Waals surface area contributed by atoms with Gasteiger partial charge < -0.3 is 9.32 Å². The molecule has 0 N–H and O–H groups in total. The van der Waals surface area contributed by atoms with Crippen molar-refractivity contribution in [3.8, 4) is 0 Å². The monoisotopic (exact) mass is 189 g/mol. The van der Waals surface area contributed by atoms with Crippen molar-refractivity contribution in [1.29, 1.82) is 0 Å². The lowest BCUT2D eigenvalue weighted by Crippen LogP contribution is -2.18. The third-order valence-corrected chi connectivity index (χ3v) is 2.43. The van der Waals surface area contributed by atoms with Gasteiger partial charge in [-0.1, -0.05) is 12.5 Å². The standard InChI is InChI=1S/C12H15NO/c1-3-10-7-11(9-13(2)8-10)12-5-4-6-14-12/h4-7,9H,3,8H2,1-2H3. The average Bonchev–Trinajstić information content (AvgIpc) is 2.69. The van der Waals surface area contributed by atoms with Crippen LogP contribution < -0.4 is 0 Å². The Balaban J connectivity index is 2.31. The van der Waals surface area contributed by atoms with E-state index in [4.69, 9.17) is 4.42 Å². The fourth-order valence-corrected chi connectivity index (χ4v) is 1.70. The molecule has 0 amide bonds. The normalized spacial score (nSPS) is 16.6. The summed E-state index contributed by atoms with van der Waals surface area (Å²) < 4.78 is 5.37. The van der Waals surface area contributed by atoms with Gasteiger partial charge in [-0.2, -0.15) is 0 Å². The highest BCUT2D eigenvalue weighted by molar-refractivity contribution is 5.72. The second-order valence-corrected chi connectivity index (χ2v) is 3.63. The highest BCUT2D eigenvalue weighted by atomic mass is 16.3. The van der Waals surface area contributed by atoms with Crippen LogP contribution in [0.5, 0.6) is 0 Å². The smallest absolute Gasteiger partial charge is 0.135 e. The van der Waals surface area contributed by atoms with Gasteiger partial charge in [0.2, 0.25) is 0 Å².